The van der Waals surface area contributed by atoms with Crippen molar-refractivity contribution in [2.75, 3.05) is 7.11 Å². The molecule has 72 valence electrons. The maximum Gasteiger partial charge on any atom is 0.128 e. The van der Waals surface area contributed by atoms with Crippen LogP contribution in [0, 0.1) is 5.82 Å². The summed E-state index contributed by atoms with van der Waals surface area (Å²) in [7, 11) is 1.55. The number of halogens is 1. The van der Waals surface area contributed by atoms with E-state index < -0.39 is 0 Å². The highest BCUT2D eigenvalue weighted by Crippen LogP contribution is 2.22. The highest BCUT2D eigenvalue weighted by molar-refractivity contribution is 5.31. The largest absolute Gasteiger partial charge is 0.497 e. The summed E-state index contributed by atoms with van der Waals surface area (Å²) >= 11 is 0. The van der Waals surface area contributed by atoms with Crippen molar-refractivity contribution < 1.29 is 9.13 Å². The van der Waals surface area contributed by atoms with E-state index in [1.165, 1.54) is 6.07 Å². The second kappa shape index (κ2) is 4.23. The minimum atomic E-state index is -0.268. The van der Waals surface area contributed by atoms with E-state index in [0.29, 0.717) is 17.7 Å². The number of ether oxygens (including phenoxy) is 1. The van der Waals surface area contributed by atoms with Crippen molar-refractivity contribution in [3.05, 3.63) is 29.6 Å². The Morgan fingerprint density at radius 1 is 1.54 bits per heavy atom. The molecule has 0 aliphatic carbocycles. The smallest absolute Gasteiger partial charge is 0.128 e. The maximum absolute atomic E-state index is 13.2. The molecule has 0 aromatic heterocycles. The molecule has 0 heterocycles. The number of benzene rings is 1. The Morgan fingerprint density at radius 2 is 2.23 bits per heavy atom. The molecule has 1 aromatic rings. The molecule has 0 aliphatic heterocycles. The number of hydrogen-bond donors (Lipinski definition) is 1. The summed E-state index contributed by atoms with van der Waals surface area (Å²) in [5.74, 6) is 0.371. The van der Waals surface area contributed by atoms with Crippen LogP contribution in [0.1, 0.15) is 24.9 Å². The molecule has 0 bridgehead atoms. The van der Waals surface area contributed by atoms with Gasteiger partial charge in [-0.2, -0.15) is 0 Å². The molecule has 1 rings (SSSR count). The van der Waals surface area contributed by atoms with Crippen molar-refractivity contribution in [3.63, 3.8) is 0 Å². The second-order valence-electron chi connectivity index (χ2n) is 2.90. The van der Waals surface area contributed by atoms with Gasteiger partial charge in [-0.1, -0.05) is 6.92 Å². The van der Waals surface area contributed by atoms with Gasteiger partial charge in [0.15, 0.2) is 0 Å². The third kappa shape index (κ3) is 2.18. The Balaban J connectivity index is 3.03. The van der Waals surface area contributed by atoms with Gasteiger partial charge in [0, 0.05) is 11.6 Å². The minimum Gasteiger partial charge on any atom is -0.497 e. The van der Waals surface area contributed by atoms with Crippen molar-refractivity contribution in [2.45, 2.75) is 19.4 Å². The van der Waals surface area contributed by atoms with Crippen LogP contribution in [0.5, 0.6) is 5.75 Å². The molecule has 1 unspecified atom stereocenters. The fraction of sp³-hybridized carbons (Fsp3) is 0.400. The molecule has 0 aliphatic rings. The first kappa shape index (κ1) is 9.99. The first-order chi connectivity index (χ1) is 6.19. The quantitative estimate of drug-likeness (QED) is 0.780. The summed E-state index contributed by atoms with van der Waals surface area (Å²) < 4.78 is 18.2. The second-order valence-corrected chi connectivity index (χ2v) is 2.90. The van der Waals surface area contributed by atoms with E-state index in [9.17, 15) is 4.39 Å². The standard InChI is InChI=1S/C10H14FNO/c1-3-10(12)8-6-7(13-2)4-5-9(8)11/h4-6,10H,3,12H2,1-2H3. The van der Waals surface area contributed by atoms with E-state index >= 15 is 0 Å². The lowest BCUT2D eigenvalue weighted by Gasteiger charge is -2.11. The Hall–Kier alpha value is -1.09. The van der Waals surface area contributed by atoms with Gasteiger partial charge < -0.3 is 10.5 Å². The zero-order valence-electron chi connectivity index (χ0n) is 7.88. The highest BCUT2D eigenvalue weighted by Gasteiger charge is 2.10. The Morgan fingerprint density at radius 3 is 2.77 bits per heavy atom. The monoisotopic (exact) mass is 183 g/mol. The molecule has 1 atom stereocenters. The van der Waals surface area contributed by atoms with Gasteiger partial charge in [0.05, 0.1) is 7.11 Å². The number of methoxy groups -OCH3 is 1. The summed E-state index contributed by atoms with van der Waals surface area (Å²) in [4.78, 5) is 0. The lowest BCUT2D eigenvalue weighted by atomic mass is 10.0. The van der Waals surface area contributed by atoms with Crippen LogP contribution in [0.3, 0.4) is 0 Å². The Bertz CT molecular complexity index is 288. The van der Waals surface area contributed by atoms with Crippen molar-refractivity contribution in [3.8, 4) is 5.75 Å². The van der Waals surface area contributed by atoms with Gasteiger partial charge in [-0.3, -0.25) is 0 Å². The molecule has 0 saturated carbocycles. The zero-order valence-corrected chi connectivity index (χ0v) is 7.88. The van der Waals surface area contributed by atoms with Gasteiger partial charge in [-0.05, 0) is 24.6 Å². The first-order valence-electron chi connectivity index (χ1n) is 4.28. The zero-order chi connectivity index (χ0) is 9.84. The number of hydrogen-bond acceptors (Lipinski definition) is 2. The van der Waals surface area contributed by atoms with E-state index in [1.807, 2.05) is 6.92 Å². The van der Waals surface area contributed by atoms with Gasteiger partial charge in [0.25, 0.3) is 0 Å². The predicted molar refractivity (Wildman–Crippen MR) is 50.2 cm³/mol. The normalized spacial score (nSPS) is 12.6. The first-order valence-corrected chi connectivity index (χ1v) is 4.28. The SMILES string of the molecule is CCC(N)c1cc(OC)ccc1F. The highest BCUT2D eigenvalue weighted by atomic mass is 19.1. The summed E-state index contributed by atoms with van der Waals surface area (Å²) in [5.41, 5.74) is 6.24. The molecule has 0 fully saturated rings. The lowest BCUT2D eigenvalue weighted by Crippen LogP contribution is -2.10. The summed E-state index contributed by atoms with van der Waals surface area (Å²) in [5, 5.41) is 0. The van der Waals surface area contributed by atoms with Gasteiger partial charge >= 0.3 is 0 Å². The van der Waals surface area contributed by atoms with Crippen molar-refractivity contribution in [2.24, 2.45) is 5.73 Å². The predicted octanol–water partition coefficient (Wildman–Crippen LogP) is 2.24. The molecule has 0 radical (unpaired) electrons. The van der Waals surface area contributed by atoms with Gasteiger partial charge in [0.1, 0.15) is 11.6 Å². The van der Waals surface area contributed by atoms with Crippen molar-refractivity contribution in [1.82, 2.24) is 0 Å². The Labute approximate surface area is 77.5 Å². The average molecular weight is 183 g/mol. The van der Waals surface area contributed by atoms with Crippen LogP contribution in [0.4, 0.5) is 4.39 Å². The van der Waals surface area contributed by atoms with Gasteiger partial charge in [0.2, 0.25) is 0 Å². The molecule has 0 saturated heterocycles. The van der Waals surface area contributed by atoms with Crippen LogP contribution in [0.25, 0.3) is 0 Å². The van der Waals surface area contributed by atoms with E-state index in [-0.39, 0.29) is 11.9 Å². The fourth-order valence-corrected chi connectivity index (χ4v) is 1.15. The topological polar surface area (TPSA) is 35.2 Å². The summed E-state index contributed by atoms with van der Waals surface area (Å²) in [6, 6.07) is 4.35. The molecule has 13 heavy (non-hydrogen) atoms. The van der Waals surface area contributed by atoms with Gasteiger partial charge in [-0.15, -0.1) is 0 Å². The Kier molecular flexibility index (Phi) is 3.25. The van der Waals surface area contributed by atoms with E-state index in [2.05, 4.69) is 0 Å². The average Bonchev–Trinajstić information content (AvgIpc) is 2.17. The van der Waals surface area contributed by atoms with Crippen LogP contribution < -0.4 is 10.5 Å². The van der Waals surface area contributed by atoms with Crippen LogP contribution in [-0.4, -0.2) is 7.11 Å². The lowest BCUT2D eigenvalue weighted by molar-refractivity contribution is 0.411. The van der Waals surface area contributed by atoms with Gasteiger partial charge in [-0.25, -0.2) is 4.39 Å². The van der Waals surface area contributed by atoms with Crippen LogP contribution >= 0.6 is 0 Å². The summed E-state index contributed by atoms with van der Waals surface area (Å²) in [6.07, 6.45) is 0.712. The molecule has 2 nitrogen and oxygen atoms in total. The minimum absolute atomic E-state index is 0.255. The van der Waals surface area contributed by atoms with Crippen molar-refractivity contribution in [1.29, 1.82) is 0 Å². The van der Waals surface area contributed by atoms with E-state index in [4.69, 9.17) is 10.5 Å². The molecule has 0 amide bonds. The van der Waals surface area contributed by atoms with Crippen LogP contribution in [0.15, 0.2) is 18.2 Å². The van der Waals surface area contributed by atoms with Crippen LogP contribution in [0.2, 0.25) is 0 Å². The molecule has 3 heteroatoms. The number of nitrogens with two attached hydrogens (primary N) is 1. The number of rotatable bonds is 3. The maximum atomic E-state index is 13.2. The van der Waals surface area contributed by atoms with Crippen LogP contribution in [-0.2, 0) is 0 Å². The third-order valence-electron chi connectivity index (χ3n) is 2.04. The molecule has 1 aromatic carbocycles. The molecule has 0 spiro atoms. The van der Waals surface area contributed by atoms with E-state index in [0.717, 1.165) is 0 Å². The van der Waals surface area contributed by atoms with Crippen molar-refractivity contribution >= 4 is 0 Å². The van der Waals surface area contributed by atoms with E-state index in [1.54, 1.807) is 19.2 Å². The third-order valence-corrected chi connectivity index (χ3v) is 2.04. The molecular formula is C10H14FNO. The molecular weight excluding hydrogens is 169 g/mol. The molecule has 2 N–H and O–H groups in total. The fourth-order valence-electron chi connectivity index (χ4n) is 1.15. The summed E-state index contributed by atoms with van der Waals surface area (Å²) in [6.45, 7) is 1.92.